The fourth-order valence-corrected chi connectivity index (χ4v) is 2.82. The van der Waals surface area contributed by atoms with Crippen LogP contribution in [0.25, 0.3) is 0 Å². The molecule has 5 heteroatoms. The van der Waals surface area contributed by atoms with Gasteiger partial charge < -0.3 is 15.4 Å². The van der Waals surface area contributed by atoms with Gasteiger partial charge in [0.1, 0.15) is 5.75 Å². The minimum atomic E-state index is 0. The van der Waals surface area contributed by atoms with Gasteiger partial charge in [0, 0.05) is 18.5 Å². The Morgan fingerprint density at radius 1 is 1.12 bits per heavy atom. The molecule has 1 saturated carbocycles. The van der Waals surface area contributed by atoms with Crippen molar-refractivity contribution in [3.8, 4) is 5.75 Å². The fourth-order valence-electron chi connectivity index (χ4n) is 2.82. The fraction of sp³-hybridized carbons (Fsp3) is 0.350. The Hall–Kier alpha value is -1.76. The number of hydrogen-bond acceptors (Lipinski definition) is 2. The average molecular weight is 451 g/mol. The van der Waals surface area contributed by atoms with Gasteiger partial charge >= 0.3 is 0 Å². The molecule has 1 aliphatic rings. The minimum absolute atomic E-state index is 0. The van der Waals surface area contributed by atoms with Gasteiger partial charge in [0.05, 0.1) is 13.7 Å². The first kappa shape index (κ1) is 19.6. The Morgan fingerprint density at radius 3 is 2.48 bits per heavy atom. The van der Waals surface area contributed by atoms with Crippen LogP contribution in [0, 0.1) is 0 Å². The Labute approximate surface area is 167 Å². The van der Waals surface area contributed by atoms with Gasteiger partial charge in [-0.25, -0.2) is 4.99 Å². The van der Waals surface area contributed by atoms with E-state index in [4.69, 9.17) is 9.73 Å². The zero-order valence-corrected chi connectivity index (χ0v) is 17.1. The summed E-state index contributed by atoms with van der Waals surface area (Å²) >= 11 is 0. The van der Waals surface area contributed by atoms with E-state index < -0.39 is 0 Å². The Morgan fingerprint density at radius 2 is 1.84 bits per heavy atom. The normalized spacial score (nSPS) is 18.9. The van der Waals surface area contributed by atoms with Crippen molar-refractivity contribution in [2.24, 2.45) is 4.99 Å². The highest BCUT2D eigenvalue weighted by Gasteiger charge is 2.38. The molecule has 1 fully saturated rings. The van der Waals surface area contributed by atoms with Gasteiger partial charge in [-0.3, -0.25) is 0 Å². The van der Waals surface area contributed by atoms with E-state index in [9.17, 15) is 0 Å². The summed E-state index contributed by atoms with van der Waals surface area (Å²) in [7, 11) is 1.68. The number of methoxy groups -OCH3 is 1. The third kappa shape index (κ3) is 5.63. The topological polar surface area (TPSA) is 45.7 Å². The van der Waals surface area contributed by atoms with Crippen LogP contribution in [-0.4, -0.2) is 25.7 Å². The van der Waals surface area contributed by atoms with Crippen LogP contribution in [0.4, 0.5) is 0 Å². The van der Waals surface area contributed by atoms with E-state index in [1.165, 1.54) is 11.1 Å². The van der Waals surface area contributed by atoms with E-state index >= 15 is 0 Å². The summed E-state index contributed by atoms with van der Waals surface area (Å²) in [5.41, 5.74) is 2.57. The van der Waals surface area contributed by atoms with Crippen LogP contribution < -0.4 is 15.4 Å². The van der Waals surface area contributed by atoms with Gasteiger partial charge in [0.2, 0.25) is 0 Å². The number of hydrogen-bond donors (Lipinski definition) is 2. The van der Waals surface area contributed by atoms with Crippen LogP contribution in [0.5, 0.6) is 5.75 Å². The van der Waals surface area contributed by atoms with Crippen molar-refractivity contribution >= 4 is 29.9 Å². The zero-order valence-electron chi connectivity index (χ0n) is 14.7. The van der Waals surface area contributed by atoms with Crippen LogP contribution in [0.15, 0.2) is 59.6 Å². The molecule has 0 bridgehead atoms. The SMILES string of the molecule is CCNC(=NCc1ccc(OC)cc1)NC1CC1c1ccccc1.I. The molecule has 2 aromatic rings. The van der Waals surface area contributed by atoms with E-state index in [-0.39, 0.29) is 24.0 Å². The molecule has 0 spiro atoms. The molecule has 2 N–H and O–H groups in total. The van der Waals surface area contributed by atoms with Crippen molar-refractivity contribution in [3.63, 3.8) is 0 Å². The maximum absolute atomic E-state index is 5.19. The molecule has 0 radical (unpaired) electrons. The molecule has 25 heavy (non-hydrogen) atoms. The highest BCUT2D eigenvalue weighted by Crippen LogP contribution is 2.40. The van der Waals surface area contributed by atoms with Crippen molar-refractivity contribution in [1.29, 1.82) is 0 Å². The molecule has 0 saturated heterocycles. The lowest BCUT2D eigenvalue weighted by molar-refractivity contribution is 0.414. The molecule has 2 aromatic carbocycles. The highest BCUT2D eigenvalue weighted by molar-refractivity contribution is 14.0. The molecule has 3 rings (SSSR count). The third-order valence-corrected chi connectivity index (χ3v) is 4.26. The van der Waals surface area contributed by atoms with Gasteiger partial charge in [-0.2, -0.15) is 0 Å². The van der Waals surface area contributed by atoms with Gasteiger partial charge in [-0.05, 0) is 36.6 Å². The molecule has 0 heterocycles. The molecule has 4 nitrogen and oxygen atoms in total. The molecule has 2 unspecified atom stereocenters. The summed E-state index contributed by atoms with van der Waals surface area (Å²) in [5, 5.41) is 6.88. The molecule has 0 aromatic heterocycles. The number of halogens is 1. The van der Waals surface area contributed by atoms with Gasteiger partial charge in [-0.15, -0.1) is 24.0 Å². The van der Waals surface area contributed by atoms with Crippen LogP contribution >= 0.6 is 24.0 Å². The largest absolute Gasteiger partial charge is 0.497 e. The Bertz CT molecular complexity index is 673. The first-order chi connectivity index (χ1) is 11.8. The quantitative estimate of drug-likeness (QED) is 0.398. The van der Waals surface area contributed by atoms with Crippen molar-refractivity contribution in [2.45, 2.75) is 31.8 Å². The highest BCUT2D eigenvalue weighted by atomic mass is 127. The molecular formula is C20H26IN3O. The summed E-state index contributed by atoms with van der Waals surface area (Å²) in [4.78, 5) is 4.70. The second-order valence-corrected chi connectivity index (χ2v) is 6.05. The zero-order chi connectivity index (χ0) is 16.8. The maximum Gasteiger partial charge on any atom is 0.191 e. The van der Waals surface area contributed by atoms with Crippen molar-refractivity contribution in [3.05, 3.63) is 65.7 Å². The second kappa shape index (κ2) is 9.65. The third-order valence-electron chi connectivity index (χ3n) is 4.26. The predicted molar refractivity (Wildman–Crippen MR) is 114 cm³/mol. The second-order valence-electron chi connectivity index (χ2n) is 6.05. The van der Waals surface area contributed by atoms with E-state index in [0.717, 1.165) is 24.7 Å². The van der Waals surface area contributed by atoms with Crippen LogP contribution in [0.1, 0.15) is 30.4 Å². The predicted octanol–water partition coefficient (Wildman–Crippen LogP) is 3.92. The van der Waals surface area contributed by atoms with Gasteiger partial charge in [-0.1, -0.05) is 42.5 Å². The summed E-state index contributed by atoms with van der Waals surface area (Å²) < 4.78 is 5.19. The molecule has 134 valence electrons. The smallest absolute Gasteiger partial charge is 0.191 e. The number of benzene rings is 2. The number of aliphatic imine (C=N–C) groups is 1. The van der Waals surface area contributed by atoms with E-state index in [0.29, 0.717) is 18.5 Å². The van der Waals surface area contributed by atoms with Crippen LogP contribution in [0.3, 0.4) is 0 Å². The minimum Gasteiger partial charge on any atom is -0.497 e. The number of guanidine groups is 1. The molecule has 0 aliphatic heterocycles. The number of ether oxygens (including phenoxy) is 1. The number of nitrogens with zero attached hydrogens (tertiary/aromatic N) is 1. The lowest BCUT2D eigenvalue weighted by Gasteiger charge is -2.11. The summed E-state index contributed by atoms with van der Waals surface area (Å²) in [5.74, 6) is 2.35. The molecule has 0 amide bonds. The first-order valence-electron chi connectivity index (χ1n) is 8.53. The van der Waals surface area contributed by atoms with Crippen molar-refractivity contribution < 1.29 is 4.74 Å². The van der Waals surface area contributed by atoms with Crippen molar-refractivity contribution in [2.75, 3.05) is 13.7 Å². The Kier molecular flexibility index (Phi) is 7.55. The maximum atomic E-state index is 5.19. The van der Waals surface area contributed by atoms with Crippen molar-refractivity contribution in [1.82, 2.24) is 10.6 Å². The van der Waals surface area contributed by atoms with Gasteiger partial charge in [0.15, 0.2) is 5.96 Å². The first-order valence-corrected chi connectivity index (χ1v) is 8.53. The van der Waals surface area contributed by atoms with E-state index in [2.05, 4.69) is 60.0 Å². The van der Waals surface area contributed by atoms with Crippen LogP contribution in [-0.2, 0) is 6.54 Å². The van der Waals surface area contributed by atoms with Crippen LogP contribution in [0.2, 0.25) is 0 Å². The molecule has 1 aliphatic carbocycles. The Balaban J connectivity index is 0.00000225. The van der Waals surface area contributed by atoms with Gasteiger partial charge in [0.25, 0.3) is 0 Å². The summed E-state index contributed by atoms with van der Waals surface area (Å²) in [6.45, 7) is 3.60. The summed E-state index contributed by atoms with van der Waals surface area (Å²) in [6.07, 6.45) is 1.16. The van der Waals surface area contributed by atoms with E-state index in [1.54, 1.807) is 7.11 Å². The monoisotopic (exact) mass is 451 g/mol. The average Bonchev–Trinajstić information content (AvgIpc) is 3.40. The number of rotatable bonds is 6. The molecule has 2 atom stereocenters. The lowest BCUT2D eigenvalue weighted by atomic mass is 10.1. The molecular weight excluding hydrogens is 425 g/mol. The lowest BCUT2D eigenvalue weighted by Crippen LogP contribution is -2.39. The van der Waals surface area contributed by atoms with E-state index in [1.807, 2.05) is 12.1 Å². The number of nitrogens with one attached hydrogen (secondary N) is 2. The summed E-state index contributed by atoms with van der Waals surface area (Å²) in [6, 6.07) is 19.2. The standard InChI is InChI=1S/C20H25N3O.HI/c1-3-21-20(22-14-15-9-11-17(24-2)12-10-15)23-19-13-18(19)16-7-5-4-6-8-16;/h4-12,18-19H,3,13-14H2,1-2H3,(H2,21,22,23);1H.